The summed E-state index contributed by atoms with van der Waals surface area (Å²) < 4.78 is 5.49. The van der Waals surface area contributed by atoms with Crippen LogP contribution in [0.2, 0.25) is 0 Å². The molecule has 2 aromatic rings. The molecule has 0 atom stereocenters. The van der Waals surface area contributed by atoms with Gasteiger partial charge in [0.15, 0.2) is 0 Å². The standard InChI is InChI=1S/C14H12O/c1-2-15-10-7-8-13-11-5-3-4-6-12(11)14(13)9-10/h3-9H,2H2,1H3. The van der Waals surface area contributed by atoms with Crippen molar-refractivity contribution in [2.75, 3.05) is 6.61 Å². The summed E-state index contributed by atoms with van der Waals surface area (Å²) in [4.78, 5) is 0. The van der Waals surface area contributed by atoms with Crippen molar-refractivity contribution in [3.05, 3.63) is 42.5 Å². The van der Waals surface area contributed by atoms with Crippen molar-refractivity contribution in [3.63, 3.8) is 0 Å². The van der Waals surface area contributed by atoms with Crippen molar-refractivity contribution in [1.82, 2.24) is 0 Å². The van der Waals surface area contributed by atoms with Crippen molar-refractivity contribution < 1.29 is 4.74 Å². The maximum atomic E-state index is 5.49. The van der Waals surface area contributed by atoms with Gasteiger partial charge in [-0.15, -0.1) is 0 Å². The topological polar surface area (TPSA) is 9.23 Å². The maximum absolute atomic E-state index is 5.49. The maximum Gasteiger partial charge on any atom is 0.119 e. The van der Waals surface area contributed by atoms with Crippen LogP contribution in [0.1, 0.15) is 6.92 Å². The fourth-order valence-electron chi connectivity index (χ4n) is 2.13. The zero-order valence-electron chi connectivity index (χ0n) is 8.66. The number of hydrogen-bond acceptors (Lipinski definition) is 1. The lowest BCUT2D eigenvalue weighted by Crippen LogP contribution is -1.99. The van der Waals surface area contributed by atoms with Gasteiger partial charge in [0.05, 0.1) is 6.61 Å². The molecule has 2 aromatic carbocycles. The molecule has 1 aliphatic carbocycles. The Bertz CT molecular complexity index is 514. The van der Waals surface area contributed by atoms with Crippen molar-refractivity contribution in [2.24, 2.45) is 0 Å². The monoisotopic (exact) mass is 196 g/mol. The number of benzene rings is 2. The Balaban J connectivity index is 2.07. The first-order valence-electron chi connectivity index (χ1n) is 5.27. The summed E-state index contributed by atoms with van der Waals surface area (Å²) in [6, 6.07) is 14.8. The van der Waals surface area contributed by atoms with Gasteiger partial charge in [0.25, 0.3) is 0 Å². The van der Waals surface area contributed by atoms with Gasteiger partial charge in [-0.1, -0.05) is 30.3 Å². The van der Waals surface area contributed by atoms with E-state index in [1.807, 2.05) is 13.0 Å². The molecular weight excluding hydrogens is 184 g/mol. The molecule has 0 heterocycles. The SMILES string of the molecule is CCOc1ccc2c(c1)-c1ccccc1-2. The molecule has 0 amide bonds. The molecule has 0 saturated heterocycles. The fourth-order valence-corrected chi connectivity index (χ4v) is 2.13. The third-order valence-electron chi connectivity index (χ3n) is 2.81. The molecule has 3 rings (SSSR count). The first-order valence-corrected chi connectivity index (χ1v) is 5.27. The highest BCUT2D eigenvalue weighted by Crippen LogP contribution is 2.47. The Morgan fingerprint density at radius 2 is 1.53 bits per heavy atom. The molecule has 0 unspecified atom stereocenters. The van der Waals surface area contributed by atoms with Gasteiger partial charge in [-0.2, -0.15) is 0 Å². The summed E-state index contributed by atoms with van der Waals surface area (Å²) in [5, 5.41) is 0. The smallest absolute Gasteiger partial charge is 0.119 e. The predicted molar refractivity (Wildman–Crippen MR) is 62.0 cm³/mol. The minimum Gasteiger partial charge on any atom is -0.494 e. The zero-order chi connectivity index (χ0) is 10.3. The van der Waals surface area contributed by atoms with Crippen LogP contribution in [0.3, 0.4) is 0 Å². The second kappa shape index (κ2) is 3.13. The molecule has 1 nitrogen and oxygen atoms in total. The van der Waals surface area contributed by atoms with E-state index in [1.165, 1.54) is 22.3 Å². The predicted octanol–water partition coefficient (Wildman–Crippen LogP) is 3.73. The highest BCUT2D eigenvalue weighted by atomic mass is 16.5. The van der Waals surface area contributed by atoms with Crippen LogP contribution in [0.25, 0.3) is 22.3 Å². The Morgan fingerprint density at radius 1 is 0.867 bits per heavy atom. The number of ether oxygens (including phenoxy) is 1. The highest BCUT2D eigenvalue weighted by Gasteiger charge is 2.21. The van der Waals surface area contributed by atoms with Crippen LogP contribution < -0.4 is 4.74 Å². The minimum absolute atomic E-state index is 0.723. The van der Waals surface area contributed by atoms with Gasteiger partial charge in [-0.3, -0.25) is 0 Å². The van der Waals surface area contributed by atoms with Crippen molar-refractivity contribution in [3.8, 4) is 28.0 Å². The van der Waals surface area contributed by atoms with E-state index in [4.69, 9.17) is 4.74 Å². The van der Waals surface area contributed by atoms with Crippen LogP contribution >= 0.6 is 0 Å². The molecule has 0 aliphatic heterocycles. The van der Waals surface area contributed by atoms with E-state index < -0.39 is 0 Å². The number of hydrogen-bond donors (Lipinski definition) is 0. The summed E-state index contributed by atoms with van der Waals surface area (Å²) in [6.45, 7) is 2.73. The van der Waals surface area contributed by atoms with Crippen LogP contribution in [0.4, 0.5) is 0 Å². The summed E-state index contributed by atoms with van der Waals surface area (Å²) >= 11 is 0. The van der Waals surface area contributed by atoms with Gasteiger partial charge < -0.3 is 4.74 Å². The van der Waals surface area contributed by atoms with E-state index in [9.17, 15) is 0 Å². The lowest BCUT2D eigenvalue weighted by molar-refractivity contribution is 0.340. The second-order valence-corrected chi connectivity index (χ2v) is 3.69. The molecule has 74 valence electrons. The van der Waals surface area contributed by atoms with E-state index in [2.05, 4.69) is 36.4 Å². The molecule has 0 bridgehead atoms. The van der Waals surface area contributed by atoms with Gasteiger partial charge in [0.1, 0.15) is 5.75 Å². The summed E-state index contributed by atoms with van der Waals surface area (Å²) in [5.41, 5.74) is 5.36. The van der Waals surface area contributed by atoms with Crippen molar-refractivity contribution >= 4 is 0 Å². The summed E-state index contributed by atoms with van der Waals surface area (Å²) in [7, 11) is 0. The third kappa shape index (κ3) is 1.16. The highest BCUT2D eigenvalue weighted by molar-refractivity contribution is 6.02. The molecule has 0 radical (unpaired) electrons. The van der Waals surface area contributed by atoms with Crippen LogP contribution in [-0.2, 0) is 0 Å². The molecule has 0 fully saturated rings. The largest absolute Gasteiger partial charge is 0.494 e. The normalized spacial score (nSPS) is 11.3. The van der Waals surface area contributed by atoms with Crippen LogP contribution in [0.15, 0.2) is 42.5 Å². The average molecular weight is 196 g/mol. The Kier molecular flexibility index (Phi) is 1.78. The van der Waals surface area contributed by atoms with Gasteiger partial charge in [0, 0.05) is 0 Å². The second-order valence-electron chi connectivity index (χ2n) is 3.69. The number of fused-ring (bicyclic) bond motifs is 4. The van der Waals surface area contributed by atoms with E-state index in [1.54, 1.807) is 0 Å². The molecule has 0 aromatic heterocycles. The van der Waals surface area contributed by atoms with Crippen LogP contribution in [0, 0.1) is 0 Å². The average Bonchev–Trinajstić information content (AvgIpc) is 2.27. The lowest BCUT2D eigenvalue weighted by atomic mass is 9.81. The molecule has 1 aliphatic rings. The van der Waals surface area contributed by atoms with E-state index in [0.29, 0.717) is 0 Å². The Hall–Kier alpha value is -1.76. The Morgan fingerprint density at radius 3 is 2.27 bits per heavy atom. The molecule has 1 heteroatoms. The zero-order valence-corrected chi connectivity index (χ0v) is 8.66. The minimum atomic E-state index is 0.723. The van der Waals surface area contributed by atoms with Gasteiger partial charge in [-0.25, -0.2) is 0 Å². The summed E-state index contributed by atoms with van der Waals surface area (Å²) in [5.74, 6) is 0.964. The van der Waals surface area contributed by atoms with Gasteiger partial charge >= 0.3 is 0 Å². The fraction of sp³-hybridized carbons (Fsp3) is 0.143. The van der Waals surface area contributed by atoms with E-state index >= 15 is 0 Å². The van der Waals surface area contributed by atoms with Crippen LogP contribution in [0.5, 0.6) is 5.75 Å². The van der Waals surface area contributed by atoms with Crippen molar-refractivity contribution in [1.29, 1.82) is 0 Å². The van der Waals surface area contributed by atoms with E-state index in [0.717, 1.165) is 12.4 Å². The molecular formula is C14H12O. The van der Waals surface area contributed by atoms with Crippen molar-refractivity contribution in [2.45, 2.75) is 6.92 Å². The molecule has 15 heavy (non-hydrogen) atoms. The number of rotatable bonds is 2. The molecule has 0 N–H and O–H groups in total. The summed E-state index contributed by atoms with van der Waals surface area (Å²) in [6.07, 6.45) is 0. The first-order chi connectivity index (χ1) is 7.40. The molecule has 0 saturated carbocycles. The molecule has 0 spiro atoms. The lowest BCUT2D eigenvalue weighted by Gasteiger charge is -2.24. The van der Waals surface area contributed by atoms with Crippen LogP contribution in [-0.4, -0.2) is 6.61 Å². The third-order valence-corrected chi connectivity index (χ3v) is 2.81. The quantitative estimate of drug-likeness (QED) is 0.606. The van der Waals surface area contributed by atoms with Gasteiger partial charge in [-0.05, 0) is 41.3 Å². The Labute approximate surface area is 89.3 Å². The van der Waals surface area contributed by atoms with E-state index in [-0.39, 0.29) is 0 Å². The van der Waals surface area contributed by atoms with Gasteiger partial charge in [0.2, 0.25) is 0 Å². The first kappa shape index (κ1) is 8.54.